The summed E-state index contributed by atoms with van der Waals surface area (Å²) in [6, 6.07) is 4.97. The Balaban J connectivity index is 3.26. The van der Waals surface area contributed by atoms with Crippen molar-refractivity contribution < 1.29 is 43.0 Å². The number of alkyl carbamates (subject to hydrolysis) is 1. The summed E-state index contributed by atoms with van der Waals surface area (Å²) in [5.41, 5.74) is 0.522. The van der Waals surface area contributed by atoms with Crippen LogP contribution >= 0.6 is 0 Å². The smallest absolute Gasteiger partial charge is 0.407 e. The van der Waals surface area contributed by atoms with Crippen molar-refractivity contribution in [3.8, 4) is 17.6 Å². The lowest BCUT2D eigenvalue weighted by Crippen LogP contribution is -2.44. The third-order valence-electron chi connectivity index (χ3n) is 7.17. The zero-order valence-corrected chi connectivity index (χ0v) is 29.8. The van der Waals surface area contributed by atoms with E-state index in [1.807, 2.05) is 12.0 Å². The summed E-state index contributed by atoms with van der Waals surface area (Å²) in [4.78, 5) is 60.2. The maximum Gasteiger partial charge on any atom is 0.407 e. The molecule has 0 aliphatic carbocycles. The predicted octanol–water partition coefficient (Wildman–Crippen LogP) is 5.02. The van der Waals surface area contributed by atoms with Gasteiger partial charge >= 0.3 is 18.0 Å². The number of nitrogens with one attached hydrogen (secondary N) is 3. The van der Waals surface area contributed by atoms with Crippen molar-refractivity contribution in [1.29, 1.82) is 0 Å². The highest BCUT2D eigenvalue weighted by Crippen LogP contribution is 2.39. The SMILES string of the molecule is CCOC(=O)C(C)C[C@H](Cc1ccc(O[Si](C)(C)C(C)(C)C)c(NC(=O)CCCNC(=O)C#CC(=O)O)c1)NC(=O)OC(C)(C)C. The van der Waals surface area contributed by atoms with E-state index in [-0.39, 0.29) is 42.9 Å². The van der Waals surface area contributed by atoms with Crippen LogP contribution in [0, 0.1) is 17.8 Å². The van der Waals surface area contributed by atoms with E-state index in [2.05, 4.69) is 49.8 Å². The van der Waals surface area contributed by atoms with Crippen molar-refractivity contribution in [1.82, 2.24) is 10.6 Å². The lowest BCUT2D eigenvalue weighted by Gasteiger charge is -2.37. The highest BCUT2D eigenvalue weighted by Gasteiger charge is 2.39. The molecule has 0 fully saturated rings. The molecule has 0 aliphatic heterocycles. The van der Waals surface area contributed by atoms with Gasteiger partial charge in [-0.1, -0.05) is 33.8 Å². The molecule has 0 spiro atoms. The minimum atomic E-state index is -2.30. The molecular formula is C33H51N3O9Si. The van der Waals surface area contributed by atoms with E-state index in [4.69, 9.17) is 19.0 Å². The van der Waals surface area contributed by atoms with Gasteiger partial charge in [0, 0.05) is 30.8 Å². The van der Waals surface area contributed by atoms with Gasteiger partial charge in [-0.25, -0.2) is 9.59 Å². The molecule has 256 valence electrons. The van der Waals surface area contributed by atoms with Crippen molar-refractivity contribution >= 4 is 43.9 Å². The van der Waals surface area contributed by atoms with Crippen LogP contribution in [-0.2, 0) is 35.1 Å². The van der Waals surface area contributed by atoms with E-state index in [1.54, 1.807) is 52.7 Å². The van der Waals surface area contributed by atoms with Gasteiger partial charge in [0.2, 0.25) is 5.91 Å². The molecule has 2 atom stereocenters. The summed E-state index contributed by atoms with van der Waals surface area (Å²) >= 11 is 0. The van der Waals surface area contributed by atoms with Crippen LogP contribution in [0.15, 0.2) is 18.2 Å². The Hall–Kier alpha value is -4.05. The van der Waals surface area contributed by atoms with E-state index >= 15 is 0 Å². The topological polar surface area (TPSA) is 169 Å². The first-order valence-electron chi connectivity index (χ1n) is 15.4. The van der Waals surface area contributed by atoms with Crippen molar-refractivity contribution in [3.63, 3.8) is 0 Å². The second kappa shape index (κ2) is 17.6. The van der Waals surface area contributed by atoms with Gasteiger partial charge in [0.1, 0.15) is 11.4 Å². The molecule has 0 heterocycles. The first kappa shape index (κ1) is 40.0. The van der Waals surface area contributed by atoms with Crippen molar-refractivity contribution in [2.75, 3.05) is 18.5 Å². The second-order valence-electron chi connectivity index (χ2n) is 13.6. The molecule has 0 radical (unpaired) electrons. The first-order chi connectivity index (χ1) is 21.1. The van der Waals surface area contributed by atoms with Gasteiger partial charge in [0.25, 0.3) is 14.2 Å². The number of carboxylic acids is 1. The minimum absolute atomic E-state index is 0.0658. The number of anilines is 1. The maximum atomic E-state index is 13.0. The van der Waals surface area contributed by atoms with Crippen LogP contribution in [-0.4, -0.2) is 68.1 Å². The van der Waals surface area contributed by atoms with Crippen LogP contribution in [0.1, 0.15) is 80.2 Å². The molecule has 12 nitrogen and oxygen atoms in total. The number of carbonyl (C=O) groups excluding carboxylic acids is 4. The van der Waals surface area contributed by atoms with Gasteiger partial charge in [0.15, 0.2) is 0 Å². The standard InChI is InChI=1S/C33H51N3O9Si/c1-11-43-30(41)22(2)19-24(35-31(42)44-32(3,4)5)20-23-14-15-26(45-46(9,10)33(6,7)8)25(21-23)36-28(38)13-12-18-34-27(37)16-17-29(39)40/h14-15,21-22,24H,11-13,18-20H2,1-10H3,(H,34,37)(H,35,42)(H,36,38)(H,39,40)/t22?,24-/m1/s1. The summed E-state index contributed by atoms with van der Waals surface area (Å²) in [6.45, 7) is 19.7. The Morgan fingerprint density at radius 2 is 1.67 bits per heavy atom. The van der Waals surface area contributed by atoms with Gasteiger partial charge in [-0.3, -0.25) is 14.4 Å². The second-order valence-corrected chi connectivity index (χ2v) is 18.3. The summed E-state index contributed by atoms with van der Waals surface area (Å²) in [5, 5.41) is 16.7. The van der Waals surface area contributed by atoms with Crippen LogP contribution < -0.4 is 20.4 Å². The van der Waals surface area contributed by atoms with E-state index in [0.29, 0.717) is 24.3 Å². The van der Waals surface area contributed by atoms with Crippen molar-refractivity contribution in [2.45, 2.75) is 111 Å². The summed E-state index contributed by atoms with van der Waals surface area (Å²) < 4.78 is 17.2. The van der Waals surface area contributed by atoms with Gasteiger partial charge < -0.3 is 35.0 Å². The molecule has 0 aromatic heterocycles. The minimum Gasteiger partial charge on any atom is -0.542 e. The molecule has 0 bridgehead atoms. The highest BCUT2D eigenvalue weighted by atomic mass is 28.4. The lowest BCUT2D eigenvalue weighted by molar-refractivity contribution is -0.147. The predicted molar refractivity (Wildman–Crippen MR) is 178 cm³/mol. The van der Waals surface area contributed by atoms with Gasteiger partial charge in [-0.2, -0.15) is 0 Å². The molecule has 4 N–H and O–H groups in total. The van der Waals surface area contributed by atoms with Crippen LogP contribution in [0.5, 0.6) is 5.75 Å². The molecule has 1 unspecified atom stereocenters. The van der Waals surface area contributed by atoms with E-state index < -0.39 is 43.8 Å². The number of aliphatic carboxylic acids is 1. The number of hydrogen-bond donors (Lipinski definition) is 4. The van der Waals surface area contributed by atoms with Crippen LogP contribution in [0.25, 0.3) is 0 Å². The molecule has 46 heavy (non-hydrogen) atoms. The number of esters is 1. The summed E-state index contributed by atoms with van der Waals surface area (Å²) in [7, 11) is -2.30. The third-order valence-corrected chi connectivity index (χ3v) is 11.5. The number of amides is 3. The van der Waals surface area contributed by atoms with Gasteiger partial charge in [-0.15, -0.1) is 0 Å². The quantitative estimate of drug-likeness (QED) is 0.0926. The summed E-state index contributed by atoms with van der Waals surface area (Å²) in [5.74, 6) is 0.868. The number of rotatable bonds is 14. The zero-order valence-electron chi connectivity index (χ0n) is 28.8. The molecule has 13 heteroatoms. The Morgan fingerprint density at radius 1 is 1.02 bits per heavy atom. The zero-order chi connectivity index (χ0) is 35.3. The molecule has 3 amide bonds. The summed E-state index contributed by atoms with van der Waals surface area (Å²) in [6.07, 6.45) is 0.371. The monoisotopic (exact) mass is 661 g/mol. The number of benzene rings is 1. The largest absolute Gasteiger partial charge is 0.542 e. The fourth-order valence-electron chi connectivity index (χ4n) is 3.90. The van der Waals surface area contributed by atoms with Crippen LogP contribution in [0.3, 0.4) is 0 Å². The number of ether oxygens (including phenoxy) is 2. The average molecular weight is 662 g/mol. The third kappa shape index (κ3) is 15.3. The molecule has 1 aromatic carbocycles. The first-order valence-corrected chi connectivity index (χ1v) is 18.3. The fourth-order valence-corrected chi connectivity index (χ4v) is 4.93. The van der Waals surface area contributed by atoms with Gasteiger partial charge in [-0.05, 0) is 82.8 Å². The molecule has 0 saturated carbocycles. The van der Waals surface area contributed by atoms with E-state index in [1.165, 1.54) is 0 Å². The van der Waals surface area contributed by atoms with E-state index in [9.17, 15) is 24.0 Å². The molecule has 0 saturated heterocycles. The molecular weight excluding hydrogens is 610 g/mol. The van der Waals surface area contributed by atoms with Gasteiger partial charge in [0.05, 0.1) is 18.2 Å². The number of hydrogen-bond acceptors (Lipinski definition) is 8. The maximum absolute atomic E-state index is 13.0. The fraction of sp³-hybridized carbons (Fsp3) is 0.606. The van der Waals surface area contributed by atoms with Crippen LogP contribution in [0.2, 0.25) is 18.1 Å². The Morgan fingerprint density at radius 3 is 2.24 bits per heavy atom. The molecule has 1 rings (SSSR count). The Kier molecular flexibility index (Phi) is 15.3. The molecule has 0 aliphatic rings. The Labute approximate surface area is 273 Å². The van der Waals surface area contributed by atoms with Crippen LogP contribution in [0.4, 0.5) is 10.5 Å². The van der Waals surface area contributed by atoms with E-state index in [0.717, 1.165) is 5.56 Å². The highest BCUT2D eigenvalue weighted by molar-refractivity contribution is 6.74. The number of carboxylic acid groups (broad SMARTS) is 1. The normalized spacial score (nSPS) is 12.8. The molecule has 1 aromatic rings. The Bertz CT molecular complexity index is 1300. The lowest BCUT2D eigenvalue weighted by atomic mass is 9.96. The number of carbonyl (C=O) groups is 5. The average Bonchev–Trinajstić information content (AvgIpc) is 2.89. The van der Waals surface area contributed by atoms with Crippen molar-refractivity contribution in [3.05, 3.63) is 23.8 Å². The van der Waals surface area contributed by atoms with Crippen molar-refractivity contribution in [2.24, 2.45) is 5.92 Å².